The Kier molecular flexibility index (Phi) is 2.38. The van der Waals surface area contributed by atoms with Crippen molar-refractivity contribution in [1.82, 2.24) is 20.2 Å². The fourth-order valence-electron chi connectivity index (χ4n) is 1.68. The van der Waals surface area contributed by atoms with Gasteiger partial charge in [-0.25, -0.2) is 0 Å². The van der Waals surface area contributed by atoms with Crippen LogP contribution in [0.4, 0.5) is 0 Å². The van der Waals surface area contributed by atoms with Gasteiger partial charge in [-0.3, -0.25) is 15.1 Å². The first-order valence-electron chi connectivity index (χ1n) is 5.11. The topological polar surface area (TPSA) is 54.5 Å². The lowest BCUT2D eigenvalue weighted by Gasteiger charge is -2.03. The van der Waals surface area contributed by atoms with Gasteiger partial charge in [0.1, 0.15) is 15.9 Å². The third kappa shape index (κ3) is 1.70. The lowest BCUT2D eigenvalue weighted by molar-refractivity contribution is 1.03. The summed E-state index contributed by atoms with van der Waals surface area (Å²) in [4.78, 5) is 8.60. The van der Waals surface area contributed by atoms with Crippen molar-refractivity contribution in [2.45, 2.75) is 0 Å². The summed E-state index contributed by atoms with van der Waals surface area (Å²) in [5, 5.41) is 7.94. The zero-order valence-electron chi connectivity index (χ0n) is 8.79. The Bertz CT molecular complexity index is 721. The van der Waals surface area contributed by atoms with Crippen molar-refractivity contribution < 1.29 is 0 Å². The van der Waals surface area contributed by atoms with E-state index in [4.69, 9.17) is 12.2 Å². The van der Waals surface area contributed by atoms with Gasteiger partial charge in [0.15, 0.2) is 0 Å². The number of aromatic nitrogens is 4. The molecule has 3 aromatic rings. The molecule has 0 saturated carbocycles. The van der Waals surface area contributed by atoms with Crippen LogP contribution in [0.15, 0.2) is 42.7 Å². The minimum atomic E-state index is 0.591. The molecule has 0 amide bonds. The fourth-order valence-corrected chi connectivity index (χ4v) is 1.89. The molecule has 0 aliphatic carbocycles. The van der Waals surface area contributed by atoms with Crippen LogP contribution in [0.25, 0.3) is 22.3 Å². The van der Waals surface area contributed by atoms with Crippen LogP contribution in [0.3, 0.4) is 0 Å². The number of nitrogens with zero attached hydrogens (tertiary/aromatic N) is 3. The number of nitrogens with one attached hydrogen (secondary N) is 1. The van der Waals surface area contributed by atoms with E-state index in [0.29, 0.717) is 4.64 Å². The number of pyridine rings is 2. The molecule has 0 aromatic carbocycles. The minimum Gasteiger partial charge on any atom is -0.266 e. The maximum atomic E-state index is 5.18. The van der Waals surface area contributed by atoms with Crippen LogP contribution in [0, 0.1) is 4.64 Å². The van der Waals surface area contributed by atoms with Gasteiger partial charge in [-0.1, -0.05) is 18.3 Å². The summed E-state index contributed by atoms with van der Waals surface area (Å²) in [5.41, 5.74) is 2.27. The molecule has 1 N–H and O–H groups in total. The van der Waals surface area contributed by atoms with Gasteiger partial charge < -0.3 is 0 Å². The van der Waals surface area contributed by atoms with E-state index < -0.39 is 0 Å². The highest BCUT2D eigenvalue weighted by atomic mass is 32.1. The van der Waals surface area contributed by atoms with E-state index in [9.17, 15) is 0 Å². The lowest BCUT2D eigenvalue weighted by atomic mass is 10.2. The first-order valence-corrected chi connectivity index (χ1v) is 5.52. The summed E-state index contributed by atoms with van der Waals surface area (Å²) < 4.78 is 0.591. The average molecular weight is 240 g/mol. The van der Waals surface area contributed by atoms with Crippen molar-refractivity contribution >= 4 is 23.1 Å². The van der Waals surface area contributed by atoms with Crippen molar-refractivity contribution in [3.8, 4) is 11.4 Å². The van der Waals surface area contributed by atoms with Gasteiger partial charge in [0.05, 0.1) is 5.69 Å². The summed E-state index contributed by atoms with van der Waals surface area (Å²) in [6.07, 6.45) is 3.46. The normalized spacial score (nSPS) is 10.6. The van der Waals surface area contributed by atoms with Crippen molar-refractivity contribution in [3.05, 3.63) is 47.4 Å². The first kappa shape index (κ1) is 10.0. The molecule has 82 valence electrons. The highest BCUT2D eigenvalue weighted by molar-refractivity contribution is 7.71. The van der Waals surface area contributed by atoms with Crippen molar-refractivity contribution in [3.63, 3.8) is 0 Å². The number of hydrogen-bond acceptors (Lipinski definition) is 4. The van der Waals surface area contributed by atoms with Crippen LogP contribution >= 0.6 is 12.2 Å². The van der Waals surface area contributed by atoms with E-state index in [1.54, 1.807) is 12.4 Å². The Morgan fingerprint density at radius 1 is 1.00 bits per heavy atom. The fraction of sp³-hybridized carbons (Fsp3) is 0. The Labute approximate surface area is 102 Å². The molecule has 3 heterocycles. The van der Waals surface area contributed by atoms with Crippen LogP contribution in [0.2, 0.25) is 0 Å². The third-order valence-corrected chi connectivity index (χ3v) is 2.76. The van der Waals surface area contributed by atoms with E-state index in [-0.39, 0.29) is 0 Å². The molecule has 0 unspecified atom stereocenters. The molecule has 0 bridgehead atoms. The second-order valence-electron chi connectivity index (χ2n) is 3.52. The summed E-state index contributed by atoms with van der Waals surface area (Å²) in [6, 6.07) is 9.46. The summed E-state index contributed by atoms with van der Waals surface area (Å²) in [6.45, 7) is 0. The zero-order valence-corrected chi connectivity index (χ0v) is 9.61. The van der Waals surface area contributed by atoms with Crippen molar-refractivity contribution in [2.24, 2.45) is 0 Å². The Balaban J connectivity index is 2.39. The molecule has 5 heteroatoms. The molecule has 0 saturated heterocycles. The smallest absolute Gasteiger partial charge is 0.135 e. The second kappa shape index (κ2) is 4.03. The second-order valence-corrected chi connectivity index (χ2v) is 3.92. The number of hydrogen-bond donors (Lipinski definition) is 1. The molecule has 0 aliphatic rings. The maximum absolute atomic E-state index is 5.18. The van der Waals surface area contributed by atoms with Crippen LogP contribution in [0.5, 0.6) is 0 Å². The van der Waals surface area contributed by atoms with E-state index in [2.05, 4.69) is 20.2 Å². The van der Waals surface area contributed by atoms with Crippen LogP contribution in [-0.4, -0.2) is 20.2 Å². The molecule has 3 aromatic heterocycles. The van der Waals surface area contributed by atoms with Crippen LogP contribution in [-0.2, 0) is 0 Å². The van der Waals surface area contributed by atoms with E-state index >= 15 is 0 Å². The molecule has 0 aliphatic heterocycles. The van der Waals surface area contributed by atoms with Gasteiger partial charge in [-0.2, -0.15) is 5.10 Å². The quantitative estimate of drug-likeness (QED) is 0.664. The Morgan fingerprint density at radius 2 is 1.88 bits per heavy atom. The molecule has 4 nitrogen and oxygen atoms in total. The van der Waals surface area contributed by atoms with Gasteiger partial charge >= 0.3 is 0 Å². The highest BCUT2D eigenvalue weighted by Crippen LogP contribution is 2.22. The van der Waals surface area contributed by atoms with Gasteiger partial charge in [0, 0.05) is 17.8 Å². The molecule has 0 radical (unpaired) electrons. The van der Waals surface area contributed by atoms with Gasteiger partial charge in [0.25, 0.3) is 0 Å². The molecular formula is C12H8N4S. The minimum absolute atomic E-state index is 0.591. The Hall–Kier alpha value is -2.14. The largest absolute Gasteiger partial charge is 0.266 e. The van der Waals surface area contributed by atoms with E-state index in [0.717, 1.165) is 22.3 Å². The predicted molar refractivity (Wildman–Crippen MR) is 68.0 cm³/mol. The maximum Gasteiger partial charge on any atom is 0.135 e. The summed E-state index contributed by atoms with van der Waals surface area (Å²) in [5.74, 6) is 0. The number of H-pyrrole nitrogens is 1. The van der Waals surface area contributed by atoms with E-state index in [1.807, 2.05) is 30.3 Å². The molecule has 0 atom stereocenters. The number of aromatic amines is 1. The van der Waals surface area contributed by atoms with Crippen molar-refractivity contribution in [2.75, 3.05) is 0 Å². The lowest BCUT2D eigenvalue weighted by Crippen LogP contribution is -1.94. The molecule has 0 spiro atoms. The van der Waals surface area contributed by atoms with Crippen LogP contribution in [0.1, 0.15) is 0 Å². The molecule has 3 rings (SSSR count). The molecular weight excluding hydrogens is 232 g/mol. The molecule has 0 fully saturated rings. The standard InChI is InChI=1S/C12H8N4S/c17-12-8-4-3-7-14-10(8)11(15-16-12)9-5-1-2-6-13-9/h1-7H,(H,16,17). The SMILES string of the molecule is S=c1[nH]nc(-c2ccccn2)c2ncccc12. The summed E-state index contributed by atoms with van der Waals surface area (Å²) in [7, 11) is 0. The first-order chi connectivity index (χ1) is 8.36. The average Bonchev–Trinajstić information content (AvgIpc) is 2.41. The summed E-state index contributed by atoms with van der Waals surface area (Å²) >= 11 is 5.18. The van der Waals surface area contributed by atoms with Gasteiger partial charge in [-0.05, 0) is 24.3 Å². The number of rotatable bonds is 1. The predicted octanol–water partition coefficient (Wildman–Crippen LogP) is 2.75. The number of fused-ring (bicyclic) bond motifs is 1. The molecule has 17 heavy (non-hydrogen) atoms. The third-order valence-electron chi connectivity index (χ3n) is 2.45. The monoisotopic (exact) mass is 240 g/mol. The highest BCUT2D eigenvalue weighted by Gasteiger charge is 2.08. The van der Waals surface area contributed by atoms with Crippen LogP contribution < -0.4 is 0 Å². The van der Waals surface area contributed by atoms with Gasteiger partial charge in [-0.15, -0.1) is 0 Å². The van der Waals surface area contributed by atoms with E-state index in [1.165, 1.54) is 0 Å². The van der Waals surface area contributed by atoms with Gasteiger partial charge in [0.2, 0.25) is 0 Å². The van der Waals surface area contributed by atoms with Crippen molar-refractivity contribution in [1.29, 1.82) is 0 Å². The Morgan fingerprint density at radius 3 is 2.71 bits per heavy atom. The zero-order chi connectivity index (χ0) is 11.7.